The maximum atomic E-state index is 5.20. The van der Waals surface area contributed by atoms with E-state index < -0.39 is 0 Å². The molecular formula is C8H21N3O. The highest BCUT2D eigenvalue weighted by Crippen LogP contribution is 2.02. The van der Waals surface area contributed by atoms with Gasteiger partial charge in [-0.15, -0.1) is 5.59 Å². The summed E-state index contributed by atoms with van der Waals surface area (Å²) in [6.07, 6.45) is 0. The molecule has 0 aromatic rings. The molecule has 74 valence electrons. The van der Waals surface area contributed by atoms with E-state index in [0.29, 0.717) is 0 Å². The number of hydrogen-bond donors (Lipinski definition) is 3. The van der Waals surface area contributed by atoms with Crippen molar-refractivity contribution >= 4 is 0 Å². The molecule has 0 saturated heterocycles. The highest BCUT2D eigenvalue weighted by Gasteiger charge is 2.11. The molecule has 0 amide bonds. The molecule has 0 spiro atoms. The quantitative estimate of drug-likeness (QED) is 0.444. The number of rotatable bonds is 3. The molecule has 0 unspecified atom stereocenters. The van der Waals surface area contributed by atoms with Gasteiger partial charge in [-0.2, -0.15) is 5.53 Å². The summed E-state index contributed by atoms with van der Waals surface area (Å²) in [5.41, 5.74) is 8.22. The molecule has 0 rings (SSSR count). The molecule has 3 N–H and O–H groups in total. The molecule has 0 bridgehead atoms. The van der Waals surface area contributed by atoms with E-state index in [1.807, 2.05) is 20.8 Å². The second kappa shape index (κ2) is 4.18. The van der Waals surface area contributed by atoms with Gasteiger partial charge in [-0.25, -0.2) is 5.43 Å². The summed E-state index contributed by atoms with van der Waals surface area (Å²) in [6, 6.07) is 0. The Balaban J connectivity index is 3.35. The van der Waals surface area contributed by atoms with Crippen LogP contribution >= 0.6 is 0 Å². The minimum absolute atomic E-state index is 0.0221. The topological polar surface area (TPSA) is 45.3 Å². The molecule has 0 fully saturated rings. The van der Waals surface area contributed by atoms with Crippen LogP contribution in [-0.4, -0.2) is 11.1 Å². The summed E-state index contributed by atoms with van der Waals surface area (Å²) in [5.74, 6) is 0. The summed E-state index contributed by atoms with van der Waals surface area (Å²) >= 11 is 0. The van der Waals surface area contributed by atoms with Gasteiger partial charge in [0.25, 0.3) is 0 Å². The summed E-state index contributed by atoms with van der Waals surface area (Å²) in [5, 5.41) is 0. The second-order valence-electron chi connectivity index (χ2n) is 4.82. The Morgan fingerprint density at radius 2 is 1.42 bits per heavy atom. The second-order valence-corrected chi connectivity index (χ2v) is 4.82. The van der Waals surface area contributed by atoms with E-state index in [-0.39, 0.29) is 11.1 Å². The monoisotopic (exact) mass is 175 g/mol. The largest absolute Gasteiger partial charge is 0.280 e. The van der Waals surface area contributed by atoms with Gasteiger partial charge in [-0.1, -0.05) is 0 Å². The summed E-state index contributed by atoms with van der Waals surface area (Å²) in [4.78, 5) is 5.20. The van der Waals surface area contributed by atoms with Gasteiger partial charge in [-0.3, -0.25) is 4.84 Å². The van der Waals surface area contributed by atoms with Crippen molar-refractivity contribution in [2.24, 2.45) is 0 Å². The Morgan fingerprint density at radius 3 is 1.75 bits per heavy atom. The Morgan fingerprint density at radius 1 is 0.917 bits per heavy atom. The lowest BCUT2D eigenvalue weighted by Gasteiger charge is -2.24. The molecule has 12 heavy (non-hydrogen) atoms. The van der Waals surface area contributed by atoms with Crippen LogP contribution in [0.15, 0.2) is 0 Å². The first-order valence-electron chi connectivity index (χ1n) is 4.16. The average molecular weight is 175 g/mol. The van der Waals surface area contributed by atoms with Gasteiger partial charge < -0.3 is 0 Å². The van der Waals surface area contributed by atoms with Crippen LogP contribution in [0.5, 0.6) is 0 Å². The van der Waals surface area contributed by atoms with Crippen LogP contribution in [0.4, 0.5) is 0 Å². The van der Waals surface area contributed by atoms with Crippen molar-refractivity contribution in [3.05, 3.63) is 0 Å². The van der Waals surface area contributed by atoms with Gasteiger partial charge in [0.15, 0.2) is 0 Å². The SMILES string of the molecule is CC(C)(C)NNNOC(C)(C)C. The van der Waals surface area contributed by atoms with Gasteiger partial charge in [0.05, 0.1) is 5.60 Å². The highest BCUT2D eigenvalue weighted by molar-refractivity contribution is 4.65. The van der Waals surface area contributed by atoms with Crippen molar-refractivity contribution in [1.29, 1.82) is 0 Å². The molecule has 0 radical (unpaired) electrons. The van der Waals surface area contributed by atoms with Gasteiger partial charge in [0.2, 0.25) is 0 Å². The van der Waals surface area contributed by atoms with Crippen molar-refractivity contribution in [1.82, 2.24) is 16.5 Å². The standard InChI is InChI=1S/C8H21N3O/c1-7(2,3)9-10-11-12-8(4,5)6/h9-11H,1-6H3. The van der Waals surface area contributed by atoms with Crippen molar-refractivity contribution in [3.8, 4) is 0 Å². The van der Waals surface area contributed by atoms with E-state index in [4.69, 9.17) is 4.84 Å². The van der Waals surface area contributed by atoms with Crippen LogP contribution in [0.2, 0.25) is 0 Å². The summed E-state index contributed by atoms with van der Waals surface area (Å²) in [6.45, 7) is 12.1. The minimum atomic E-state index is -0.188. The van der Waals surface area contributed by atoms with Crippen LogP contribution < -0.4 is 16.5 Å². The molecule has 0 aliphatic carbocycles. The lowest BCUT2D eigenvalue weighted by molar-refractivity contribution is -0.102. The van der Waals surface area contributed by atoms with Crippen molar-refractivity contribution in [3.63, 3.8) is 0 Å². The van der Waals surface area contributed by atoms with E-state index >= 15 is 0 Å². The molecule has 0 heterocycles. The van der Waals surface area contributed by atoms with Crippen molar-refractivity contribution in [2.75, 3.05) is 0 Å². The van der Waals surface area contributed by atoms with Crippen LogP contribution in [0.25, 0.3) is 0 Å². The molecule has 0 aliphatic rings. The fourth-order valence-electron chi connectivity index (χ4n) is 0.392. The predicted octanol–water partition coefficient (Wildman–Crippen LogP) is 1.11. The molecule has 4 heteroatoms. The maximum Gasteiger partial charge on any atom is 0.0829 e. The molecule has 0 saturated carbocycles. The van der Waals surface area contributed by atoms with Crippen LogP contribution in [0.1, 0.15) is 41.5 Å². The summed E-state index contributed by atoms with van der Waals surface area (Å²) in [7, 11) is 0. The van der Waals surface area contributed by atoms with Gasteiger partial charge >= 0.3 is 0 Å². The van der Waals surface area contributed by atoms with Gasteiger partial charge in [0, 0.05) is 5.54 Å². The smallest absolute Gasteiger partial charge is 0.0829 e. The van der Waals surface area contributed by atoms with Crippen molar-refractivity contribution in [2.45, 2.75) is 52.7 Å². The van der Waals surface area contributed by atoms with Gasteiger partial charge in [-0.05, 0) is 41.5 Å². The molecular weight excluding hydrogens is 154 g/mol. The molecule has 4 nitrogen and oxygen atoms in total. The maximum absolute atomic E-state index is 5.20. The zero-order valence-electron chi connectivity index (χ0n) is 8.91. The Bertz CT molecular complexity index is 107. The number of nitrogens with one attached hydrogen (secondary N) is 3. The van der Waals surface area contributed by atoms with Crippen LogP contribution in [0, 0.1) is 0 Å². The Kier molecular flexibility index (Phi) is 4.13. The fourth-order valence-corrected chi connectivity index (χ4v) is 0.392. The molecule has 0 aromatic heterocycles. The van der Waals surface area contributed by atoms with Crippen LogP contribution in [-0.2, 0) is 4.84 Å². The van der Waals surface area contributed by atoms with E-state index in [0.717, 1.165) is 0 Å². The highest BCUT2D eigenvalue weighted by atomic mass is 16.7. The van der Waals surface area contributed by atoms with E-state index in [9.17, 15) is 0 Å². The summed E-state index contributed by atoms with van der Waals surface area (Å²) < 4.78 is 0. The lowest BCUT2D eigenvalue weighted by atomic mass is 10.1. The van der Waals surface area contributed by atoms with E-state index in [1.165, 1.54) is 0 Å². The third kappa shape index (κ3) is 9.84. The minimum Gasteiger partial charge on any atom is -0.280 e. The zero-order chi connectivity index (χ0) is 9.83. The average Bonchev–Trinajstić information content (AvgIpc) is 1.76. The van der Waals surface area contributed by atoms with Gasteiger partial charge in [0.1, 0.15) is 0 Å². The molecule has 0 atom stereocenters. The normalized spacial score (nSPS) is 13.5. The van der Waals surface area contributed by atoms with E-state index in [1.54, 1.807) is 0 Å². The Hall–Kier alpha value is -0.160. The lowest BCUT2D eigenvalue weighted by Crippen LogP contribution is -2.53. The Labute approximate surface area is 75.0 Å². The third-order valence-electron chi connectivity index (χ3n) is 0.846. The third-order valence-corrected chi connectivity index (χ3v) is 0.846. The van der Waals surface area contributed by atoms with E-state index in [2.05, 4.69) is 37.3 Å². The predicted molar refractivity (Wildman–Crippen MR) is 50.0 cm³/mol. The molecule has 0 aliphatic heterocycles. The first kappa shape index (κ1) is 11.8. The number of hydrogen-bond acceptors (Lipinski definition) is 4. The molecule has 0 aromatic carbocycles. The zero-order valence-corrected chi connectivity index (χ0v) is 8.91. The number of hydrazine groups is 2. The first-order chi connectivity index (χ1) is 5.21. The fraction of sp³-hybridized carbons (Fsp3) is 1.00. The first-order valence-corrected chi connectivity index (χ1v) is 4.16. The van der Waals surface area contributed by atoms with Crippen LogP contribution in [0.3, 0.4) is 0 Å². The van der Waals surface area contributed by atoms with Crippen molar-refractivity contribution < 1.29 is 4.84 Å².